The molecule has 0 fully saturated rings. The SMILES string of the molecule is COc1ccc(CN(C)c2ccc(Cn3nc(/C(F)=C/c4ccc(OC(F)(F)F)c(Cl)c4)cc3C)cn2)cc1OC. The average molecular weight is 591 g/mol. The van der Waals surface area contributed by atoms with E-state index >= 15 is 0 Å². The molecule has 0 bridgehead atoms. The van der Waals surface area contributed by atoms with Crippen molar-refractivity contribution in [2.45, 2.75) is 26.4 Å². The fourth-order valence-corrected chi connectivity index (χ4v) is 4.29. The highest BCUT2D eigenvalue weighted by Gasteiger charge is 2.32. The Balaban J connectivity index is 1.42. The molecule has 2 heterocycles. The van der Waals surface area contributed by atoms with Gasteiger partial charge in [0.1, 0.15) is 17.3 Å². The van der Waals surface area contributed by atoms with Crippen LogP contribution in [-0.2, 0) is 13.1 Å². The van der Waals surface area contributed by atoms with Crippen molar-refractivity contribution in [3.63, 3.8) is 0 Å². The summed E-state index contributed by atoms with van der Waals surface area (Å²) in [5, 5.41) is 4.04. The zero-order valence-electron chi connectivity index (χ0n) is 22.7. The van der Waals surface area contributed by atoms with Crippen LogP contribution >= 0.6 is 11.6 Å². The molecule has 0 amide bonds. The third-order valence-electron chi connectivity index (χ3n) is 6.10. The highest BCUT2D eigenvalue weighted by molar-refractivity contribution is 6.32. The van der Waals surface area contributed by atoms with Crippen LogP contribution in [0.4, 0.5) is 23.4 Å². The van der Waals surface area contributed by atoms with E-state index in [0.29, 0.717) is 30.3 Å². The summed E-state index contributed by atoms with van der Waals surface area (Å²) in [7, 11) is 5.12. The molecular formula is C29H27ClF4N4O3. The average Bonchev–Trinajstić information content (AvgIpc) is 3.29. The van der Waals surface area contributed by atoms with E-state index in [0.717, 1.165) is 29.1 Å². The normalized spacial score (nSPS) is 11.9. The summed E-state index contributed by atoms with van der Waals surface area (Å²) in [6.07, 6.45) is -2.01. The number of ether oxygens (including phenoxy) is 3. The Morgan fingerprint density at radius 1 is 0.976 bits per heavy atom. The van der Waals surface area contributed by atoms with Gasteiger partial charge in [0.05, 0.1) is 25.8 Å². The van der Waals surface area contributed by atoms with E-state index in [-0.39, 0.29) is 16.3 Å². The second-order valence-corrected chi connectivity index (χ2v) is 9.54. The monoisotopic (exact) mass is 590 g/mol. The van der Waals surface area contributed by atoms with Crippen LogP contribution in [0.1, 0.15) is 28.1 Å². The zero-order valence-corrected chi connectivity index (χ0v) is 23.4. The fraction of sp³-hybridized carbons (Fsp3) is 0.241. The summed E-state index contributed by atoms with van der Waals surface area (Å²) in [6, 6.07) is 14.6. The number of pyridine rings is 1. The van der Waals surface area contributed by atoms with Crippen LogP contribution in [0.2, 0.25) is 5.02 Å². The van der Waals surface area contributed by atoms with E-state index in [1.807, 2.05) is 42.3 Å². The van der Waals surface area contributed by atoms with Gasteiger partial charge in [0, 0.05) is 25.5 Å². The van der Waals surface area contributed by atoms with Crippen molar-refractivity contribution in [2.24, 2.45) is 0 Å². The van der Waals surface area contributed by atoms with Crippen molar-refractivity contribution in [1.82, 2.24) is 14.8 Å². The quantitative estimate of drug-likeness (QED) is 0.181. The van der Waals surface area contributed by atoms with Crippen LogP contribution in [0.25, 0.3) is 11.9 Å². The van der Waals surface area contributed by atoms with Gasteiger partial charge in [-0.25, -0.2) is 9.37 Å². The number of halogens is 5. The zero-order chi connectivity index (χ0) is 29.7. The van der Waals surface area contributed by atoms with E-state index < -0.39 is 17.9 Å². The third-order valence-corrected chi connectivity index (χ3v) is 6.40. The first kappa shape index (κ1) is 29.7. The second kappa shape index (κ2) is 12.5. The largest absolute Gasteiger partial charge is 0.573 e. The number of alkyl halides is 3. The van der Waals surface area contributed by atoms with Gasteiger partial charge in [-0.3, -0.25) is 4.68 Å². The van der Waals surface area contributed by atoms with Crippen molar-refractivity contribution >= 4 is 29.3 Å². The number of rotatable bonds is 10. The standard InChI is InChI=1S/C29H27ClF4N4O3/c1-18-11-24(23(31)13-19-5-8-25(22(30)12-19)41-29(32,33)34)36-38(18)17-21-7-10-28(35-15-21)37(2)16-20-6-9-26(39-3)27(14-20)40-4/h5-15H,16-17H2,1-4H3/b23-13-. The minimum atomic E-state index is -4.88. The number of benzene rings is 2. The molecule has 0 atom stereocenters. The Morgan fingerprint density at radius 3 is 2.32 bits per heavy atom. The van der Waals surface area contributed by atoms with Gasteiger partial charge in [0.2, 0.25) is 0 Å². The molecule has 4 aromatic rings. The molecule has 0 N–H and O–H groups in total. The second-order valence-electron chi connectivity index (χ2n) is 9.13. The van der Waals surface area contributed by atoms with Crippen molar-refractivity contribution < 1.29 is 31.8 Å². The Kier molecular flexibility index (Phi) is 9.07. The molecule has 12 heteroatoms. The molecule has 7 nitrogen and oxygen atoms in total. The predicted octanol–water partition coefficient (Wildman–Crippen LogP) is 7.31. The van der Waals surface area contributed by atoms with Crippen molar-refractivity contribution in [3.05, 3.63) is 93.9 Å². The van der Waals surface area contributed by atoms with Crippen LogP contribution in [0, 0.1) is 6.92 Å². The topological polar surface area (TPSA) is 61.6 Å². The first-order valence-electron chi connectivity index (χ1n) is 12.3. The van der Waals surface area contributed by atoms with E-state index in [4.69, 9.17) is 21.1 Å². The number of hydrogen-bond acceptors (Lipinski definition) is 6. The summed E-state index contributed by atoms with van der Waals surface area (Å²) in [5.41, 5.74) is 2.94. The third kappa shape index (κ3) is 7.69. The molecule has 0 aliphatic carbocycles. The number of nitrogens with zero attached hydrogens (tertiary/aromatic N) is 4. The van der Waals surface area contributed by atoms with E-state index in [1.54, 1.807) is 38.1 Å². The molecule has 0 saturated heterocycles. The molecule has 0 radical (unpaired) electrons. The molecule has 2 aromatic heterocycles. The number of aromatic nitrogens is 3. The lowest BCUT2D eigenvalue weighted by Crippen LogP contribution is -2.18. The minimum Gasteiger partial charge on any atom is -0.493 e. The van der Waals surface area contributed by atoms with Crippen molar-refractivity contribution in [1.29, 1.82) is 0 Å². The first-order chi connectivity index (χ1) is 19.5. The van der Waals surface area contributed by atoms with Gasteiger partial charge in [0.15, 0.2) is 17.3 Å². The Hall–Kier alpha value is -4.25. The molecule has 2 aromatic carbocycles. The van der Waals surface area contributed by atoms with Crippen molar-refractivity contribution in [2.75, 3.05) is 26.2 Å². The fourth-order valence-electron chi connectivity index (χ4n) is 4.06. The van der Waals surface area contributed by atoms with Crippen LogP contribution in [0.3, 0.4) is 0 Å². The predicted molar refractivity (Wildman–Crippen MR) is 149 cm³/mol. The molecule has 0 spiro atoms. The molecule has 4 rings (SSSR count). The van der Waals surface area contributed by atoms with Gasteiger partial charge >= 0.3 is 6.36 Å². The molecule has 41 heavy (non-hydrogen) atoms. The summed E-state index contributed by atoms with van der Waals surface area (Å²) in [6.45, 7) is 2.76. The Bertz CT molecular complexity index is 1540. The maximum absolute atomic E-state index is 15.0. The first-order valence-corrected chi connectivity index (χ1v) is 12.7. The molecule has 216 valence electrons. The van der Waals surface area contributed by atoms with Gasteiger partial charge in [-0.1, -0.05) is 29.8 Å². The van der Waals surface area contributed by atoms with Crippen LogP contribution in [0.15, 0.2) is 60.8 Å². The van der Waals surface area contributed by atoms with Gasteiger partial charge in [-0.2, -0.15) is 5.10 Å². The maximum Gasteiger partial charge on any atom is 0.573 e. The summed E-state index contributed by atoms with van der Waals surface area (Å²) >= 11 is 5.86. The summed E-state index contributed by atoms with van der Waals surface area (Å²) in [5.74, 6) is 0.841. The van der Waals surface area contributed by atoms with Crippen LogP contribution in [0.5, 0.6) is 17.2 Å². The minimum absolute atomic E-state index is 0.0773. The molecule has 0 saturated carbocycles. The number of hydrogen-bond donors (Lipinski definition) is 0. The lowest BCUT2D eigenvalue weighted by molar-refractivity contribution is -0.274. The van der Waals surface area contributed by atoms with Gasteiger partial charge in [0.25, 0.3) is 0 Å². The van der Waals surface area contributed by atoms with E-state index in [2.05, 4.69) is 14.8 Å². The number of anilines is 1. The van der Waals surface area contributed by atoms with Crippen LogP contribution < -0.4 is 19.1 Å². The van der Waals surface area contributed by atoms with Gasteiger partial charge in [-0.05, 0) is 66.1 Å². The van der Waals surface area contributed by atoms with E-state index in [1.165, 1.54) is 12.1 Å². The smallest absolute Gasteiger partial charge is 0.493 e. The summed E-state index contributed by atoms with van der Waals surface area (Å²) in [4.78, 5) is 6.56. The Morgan fingerprint density at radius 2 is 1.68 bits per heavy atom. The van der Waals surface area contributed by atoms with Crippen LogP contribution in [-0.4, -0.2) is 42.4 Å². The number of methoxy groups -OCH3 is 2. The lowest BCUT2D eigenvalue weighted by Gasteiger charge is -2.19. The molecular weight excluding hydrogens is 564 g/mol. The maximum atomic E-state index is 15.0. The Labute approximate surface area is 239 Å². The van der Waals surface area contributed by atoms with Crippen molar-refractivity contribution in [3.8, 4) is 17.2 Å². The molecule has 0 unspecified atom stereocenters. The highest BCUT2D eigenvalue weighted by Crippen LogP contribution is 2.32. The molecule has 0 aliphatic heterocycles. The highest BCUT2D eigenvalue weighted by atomic mass is 35.5. The lowest BCUT2D eigenvalue weighted by atomic mass is 10.2. The van der Waals surface area contributed by atoms with E-state index in [9.17, 15) is 17.6 Å². The van der Waals surface area contributed by atoms with Gasteiger partial charge in [-0.15, -0.1) is 13.2 Å². The van der Waals surface area contributed by atoms with Gasteiger partial charge < -0.3 is 19.1 Å². The summed E-state index contributed by atoms with van der Waals surface area (Å²) < 4.78 is 68.5. The number of aryl methyl sites for hydroxylation is 1. The molecule has 0 aliphatic rings.